The minimum absolute atomic E-state index is 0.0652. The molecule has 1 aliphatic carbocycles. The maximum Gasteiger partial charge on any atom is 0.352 e. The number of rotatable bonds is 5. The monoisotopic (exact) mass is 264 g/mol. The van der Waals surface area contributed by atoms with Gasteiger partial charge in [0.25, 0.3) is 0 Å². The van der Waals surface area contributed by atoms with Crippen molar-refractivity contribution < 1.29 is 14.7 Å². The number of carbonyl (C=O) groups is 2. The summed E-state index contributed by atoms with van der Waals surface area (Å²) in [6.07, 6.45) is 5.26. The van der Waals surface area contributed by atoms with Crippen molar-refractivity contribution in [2.45, 2.75) is 32.7 Å². The van der Waals surface area contributed by atoms with E-state index in [1.165, 1.54) is 29.9 Å². The molecule has 1 saturated carbocycles. The van der Waals surface area contributed by atoms with Crippen LogP contribution in [-0.2, 0) is 11.3 Å². The Hall–Kier alpha value is -1.78. The van der Waals surface area contributed by atoms with Gasteiger partial charge < -0.3 is 15.0 Å². The number of hydrogen-bond acceptors (Lipinski definition) is 2. The highest BCUT2D eigenvalue weighted by atomic mass is 16.4. The van der Waals surface area contributed by atoms with E-state index in [-0.39, 0.29) is 18.1 Å². The molecule has 2 rings (SSSR count). The van der Waals surface area contributed by atoms with Crippen LogP contribution in [0.3, 0.4) is 0 Å². The third-order valence-electron chi connectivity index (χ3n) is 3.96. The highest BCUT2D eigenvalue weighted by molar-refractivity contribution is 5.86. The molecule has 1 fully saturated rings. The van der Waals surface area contributed by atoms with E-state index >= 15 is 0 Å². The highest BCUT2D eigenvalue weighted by Gasteiger charge is 2.23. The molecule has 0 spiro atoms. The molecule has 1 aliphatic rings. The Balaban J connectivity index is 1.84. The smallest absolute Gasteiger partial charge is 0.352 e. The van der Waals surface area contributed by atoms with Gasteiger partial charge in [0.1, 0.15) is 12.2 Å². The molecule has 2 N–H and O–H groups in total. The molecule has 0 aliphatic heterocycles. The molecule has 104 valence electrons. The summed E-state index contributed by atoms with van der Waals surface area (Å²) in [6, 6.07) is 3.13. The summed E-state index contributed by atoms with van der Waals surface area (Å²) in [5.41, 5.74) is 0.143. The van der Waals surface area contributed by atoms with E-state index in [1.54, 1.807) is 12.3 Å². The number of carbonyl (C=O) groups excluding carboxylic acids is 1. The van der Waals surface area contributed by atoms with E-state index in [1.807, 2.05) is 0 Å². The van der Waals surface area contributed by atoms with Crippen LogP contribution in [0.2, 0.25) is 0 Å². The molecule has 5 nitrogen and oxygen atoms in total. The molecule has 2 unspecified atom stereocenters. The first-order chi connectivity index (χ1) is 9.08. The van der Waals surface area contributed by atoms with Crippen molar-refractivity contribution in [2.75, 3.05) is 6.54 Å². The third-order valence-corrected chi connectivity index (χ3v) is 3.96. The average molecular weight is 264 g/mol. The number of aromatic nitrogens is 1. The fraction of sp³-hybridized carbons (Fsp3) is 0.571. The van der Waals surface area contributed by atoms with Crippen LogP contribution in [0.5, 0.6) is 0 Å². The number of carboxylic acids is 1. The largest absolute Gasteiger partial charge is 0.477 e. The zero-order valence-electron chi connectivity index (χ0n) is 11.1. The Morgan fingerprint density at radius 1 is 1.47 bits per heavy atom. The molecule has 0 radical (unpaired) electrons. The van der Waals surface area contributed by atoms with Crippen molar-refractivity contribution in [2.24, 2.45) is 11.8 Å². The van der Waals surface area contributed by atoms with E-state index < -0.39 is 5.97 Å². The molecule has 19 heavy (non-hydrogen) atoms. The predicted molar refractivity (Wildman–Crippen MR) is 70.9 cm³/mol. The van der Waals surface area contributed by atoms with Gasteiger partial charge in [-0.2, -0.15) is 0 Å². The summed E-state index contributed by atoms with van der Waals surface area (Å²) in [5.74, 6) is 0.0917. The first-order valence-electron chi connectivity index (χ1n) is 6.73. The lowest BCUT2D eigenvalue weighted by Crippen LogP contribution is -2.33. The van der Waals surface area contributed by atoms with Crippen LogP contribution in [0.25, 0.3) is 0 Å². The summed E-state index contributed by atoms with van der Waals surface area (Å²) in [4.78, 5) is 22.7. The van der Waals surface area contributed by atoms with Crippen LogP contribution in [0, 0.1) is 11.8 Å². The van der Waals surface area contributed by atoms with Gasteiger partial charge in [-0.25, -0.2) is 4.79 Å². The van der Waals surface area contributed by atoms with Gasteiger partial charge in [-0.1, -0.05) is 19.8 Å². The third kappa shape index (κ3) is 3.36. The summed E-state index contributed by atoms with van der Waals surface area (Å²) >= 11 is 0. The molecule has 1 aromatic rings. The van der Waals surface area contributed by atoms with Gasteiger partial charge in [0.2, 0.25) is 5.91 Å². The van der Waals surface area contributed by atoms with Crippen LogP contribution in [-0.4, -0.2) is 28.1 Å². The second-order valence-corrected chi connectivity index (χ2v) is 5.30. The maximum absolute atomic E-state index is 11.8. The van der Waals surface area contributed by atoms with E-state index in [9.17, 15) is 9.59 Å². The fourth-order valence-electron chi connectivity index (χ4n) is 2.73. The van der Waals surface area contributed by atoms with E-state index in [2.05, 4.69) is 12.2 Å². The number of nitrogens with one attached hydrogen (secondary N) is 1. The van der Waals surface area contributed by atoms with Gasteiger partial charge in [0.05, 0.1) is 0 Å². The van der Waals surface area contributed by atoms with Crippen molar-refractivity contribution in [1.29, 1.82) is 0 Å². The number of carboxylic acid groups (broad SMARTS) is 1. The molecule has 0 aromatic carbocycles. The van der Waals surface area contributed by atoms with Crippen molar-refractivity contribution in [3.8, 4) is 0 Å². The van der Waals surface area contributed by atoms with Crippen LogP contribution < -0.4 is 5.32 Å². The van der Waals surface area contributed by atoms with Crippen molar-refractivity contribution in [1.82, 2.24) is 9.88 Å². The minimum atomic E-state index is -1.01. The number of hydrogen-bond donors (Lipinski definition) is 2. The fourth-order valence-corrected chi connectivity index (χ4v) is 2.73. The van der Waals surface area contributed by atoms with Gasteiger partial charge in [0, 0.05) is 12.7 Å². The van der Waals surface area contributed by atoms with Gasteiger partial charge >= 0.3 is 5.97 Å². The second-order valence-electron chi connectivity index (χ2n) is 5.30. The molecule has 5 heteroatoms. The standard InChI is InChI=1S/C14H20N2O3/c1-10-4-2-5-11(10)8-15-13(17)9-16-7-3-6-12(16)14(18)19/h3,6-7,10-11H,2,4-5,8-9H2,1H3,(H,15,17)(H,18,19). The number of nitrogens with zero attached hydrogens (tertiary/aromatic N) is 1. The second kappa shape index (κ2) is 5.91. The first kappa shape index (κ1) is 13.6. The van der Waals surface area contributed by atoms with Crippen molar-refractivity contribution in [3.63, 3.8) is 0 Å². The summed E-state index contributed by atoms with van der Waals surface area (Å²) in [5, 5.41) is 11.9. The quantitative estimate of drug-likeness (QED) is 0.851. The zero-order valence-corrected chi connectivity index (χ0v) is 11.1. The highest BCUT2D eigenvalue weighted by Crippen LogP contribution is 2.30. The topological polar surface area (TPSA) is 71.3 Å². The Morgan fingerprint density at radius 3 is 2.89 bits per heavy atom. The SMILES string of the molecule is CC1CCCC1CNC(=O)Cn1cccc1C(=O)O. The molecule has 1 heterocycles. The Kier molecular flexibility index (Phi) is 4.24. The number of aromatic carboxylic acids is 1. The first-order valence-corrected chi connectivity index (χ1v) is 6.73. The molecule has 2 atom stereocenters. The Morgan fingerprint density at radius 2 is 2.26 bits per heavy atom. The van der Waals surface area contributed by atoms with Gasteiger partial charge in [0.15, 0.2) is 0 Å². The zero-order chi connectivity index (χ0) is 13.8. The van der Waals surface area contributed by atoms with E-state index in [0.717, 1.165) is 0 Å². The molecular formula is C14H20N2O3. The normalized spacial score (nSPS) is 22.4. The average Bonchev–Trinajstić information content (AvgIpc) is 2.95. The minimum Gasteiger partial charge on any atom is -0.477 e. The summed E-state index contributed by atoms with van der Waals surface area (Å²) < 4.78 is 1.45. The van der Waals surface area contributed by atoms with Crippen LogP contribution in [0.4, 0.5) is 0 Å². The van der Waals surface area contributed by atoms with E-state index in [4.69, 9.17) is 5.11 Å². The van der Waals surface area contributed by atoms with Gasteiger partial charge in [-0.3, -0.25) is 4.79 Å². The van der Waals surface area contributed by atoms with Crippen molar-refractivity contribution >= 4 is 11.9 Å². The Bertz CT molecular complexity index is 467. The summed E-state index contributed by atoms with van der Waals surface area (Å²) in [6.45, 7) is 2.98. The van der Waals surface area contributed by atoms with Crippen molar-refractivity contribution in [3.05, 3.63) is 24.0 Å². The maximum atomic E-state index is 11.8. The predicted octanol–water partition coefficient (Wildman–Crippen LogP) is 1.74. The molecule has 0 bridgehead atoms. The lowest BCUT2D eigenvalue weighted by Gasteiger charge is -2.16. The lowest BCUT2D eigenvalue weighted by molar-refractivity contribution is -0.121. The Labute approximate surface area is 112 Å². The summed E-state index contributed by atoms with van der Waals surface area (Å²) in [7, 11) is 0. The molecule has 1 amide bonds. The molecule has 1 aromatic heterocycles. The number of amides is 1. The van der Waals surface area contributed by atoms with Gasteiger partial charge in [-0.15, -0.1) is 0 Å². The van der Waals surface area contributed by atoms with Gasteiger partial charge in [-0.05, 0) is 30.4 Å². The lowest BCUT2D eigenvalue weighted by atomic mass is 9.98. The van der Waals surface area contributed by atoms with Crippen LogP contribution in [0.1, 0.15) is 36.7 Å². The molecule has 0 saturated heterocycles. The van der Waals surface area contributed by atoms with E-state index in [0.29, 0.717) is 18.4 Å². The van der Waals surface area contributed by atoms with Crippen LogP contribution >= 0.6 is 0 Å². The van der Waals surface area contributed by atoms with Crippen LogP contribution in [0.15, 0.2) is 18.3 Å². The molecular weight excluding hydrogens is 244 g/mol.